The topological polar surface area (TPSA) is 55.0 Å². The van der Waals surface area contributed by atoms with Crippen molar-refractivity contribution in [2.75, 3.05) is 6.61 Å². The molecule has 0 saturated heterocycles. The molecule has 0 aliphatic carbocycles. The van der Waals surface area contributed by atoms with Gasteiger partial charge in [0.05, 0.1) is 12.3 Å². The highest BCUT2D eigenvalue weighted by Crippen LogP contribution is 2.21. The highest BCUT2D eigenvalue weighted by Gasteiger charge is 2.08. The van der Waals surface area contributed by atoms with Gasteiger partial charge < -0.3 is 9.72 Å². The Labute approximate surface area is 118 Å². The first-order valence-corrected chi connectivity index (χ1v) is 6.98. The minimum Gasteiger partial charge on any atom is -0.494 e. The van der Waals surface area contributed by atoms with Crippen LogP contribution in [0.3, 0.4) is 0 Å². The van der Waals surface area contributed by atoms with E-state index in [0.29, 0.717) is 18.0 Å². The summed E-state index contributed by atoms with van der Waals surface area (Å²) in [5.74, 6) is 1.39. The summed E-state index contributed by atoms with van der Waals surface area (Å²) in [6.45, 7) is 6.55. The van der Waals surface area contributed by atoms with E-state index in [1.807, 2.05) is 31.2 Å². The van der Waals surface area contributed by atoms with Gasteiger partial charge >= 0.3 is 0 Å². The van der Waals surface area contributed by atoms with E-state index in [0.717, 1.165) is 29.8 Å². The number of aromatic amines is 1. The molecule has 0 radical (unpaired) electrons. The summed E-state index contributed by atoms with van der Waals surface area (Å²) in [5, 5.41) is 0. The van der Waals surface area contributed by atoms with Crippen molar-refractivity contribution in [2.24, 2.45) is 0 Å². The molecule has 0 spiro atoms. The van der Waals surface area contributed by atoms with E-state index in [1.54, 1.807) is 6.92 Å². The Bertz CT molecular complexity index is 647. The Morgan fingerprint density at radius 3 is 2.80 bits per heavy atom. The minimum absolute atomic E-state index is 0.0771. The zero-order valence-electron chi connectivity index (χ0n) is 12.2. The van der Waals surface area contributed by atoms with E-state index in [4.69, 9.17) is 4.74 Å². The molecule has 0 amide bonds. The minimum atomic E-state index is -0.0771. The molecule has 106 valence electrons. The lowest BCUT2D eigenvalue weighted by Gasteiger charge is -2.08. The smallest absolute Gasteiger partial charge is 0.254 e. The monoisotopic (exact) mass is 272 g/mol. The zero-order valence-corrected chi connectivity index (χ0v) is 12.2. The van der Waals surface area contributed by atoms with Crippen molar-refractivity contribution in [3.05, 3.63) is 45.9 Å². The molecule has 4 heteroatoms. The molecular weight excluding hydrogens is 252 g/mol. The maximum atomic E-state index is 11.9. The number of aryl methyl sites for hydroxylation is 1. The standard InChI is InChI=1S/C16H20N2O2/c1-4-9-20-13-8-6-7-12(10-13)15-17-14(5-2)11(3)16(19)18-15/h6-8,10H,4-5,9H2,1-3H3,(H,17,18,19). The van der Waals surface area contributed by atoms with Crippen LogP contribution >= 0.6 is 0 Å². The van der Waals surface area contributed by atoms with Crippen molar-refractivity contribution in [3.63, 3.8) is 0 Å². The van der Waals surface area contributed by atoms with Gasteiger partial charge in [0, 0.05) is 11.1 Å². The van der Waals surface area contributed by atoms with Crippen molar-refractivity contribution in [3.8, 4) is 17.1 Å². The highest BCUT2D eigenvalue weighted by molar-refractivity contribution is 5.57. The fourth-order valence-electron chi connectivity index (χ4n) is 2.01. The number of benzene rings is 1. The number of ether oxygens (including phenoxy) is 1. The van der Waals surface area contributed by atoms with Crippen LogP contribution < -0.4 is 10.3 Å². The lowest BCUT2D eigenvalue weighted by Crippen LogP contribution is -2.15. The molecule has 0 aliphatic heterocycles. The van der Waals surface area contributed by atoms with Gasteiger partial charge in [0.1, 0.15) is 11.6 Å². The summed E-state index contributed by atoms with van der Waals surface area (Å²) in [6, 6.07) is 7.65. The van der Waals surface area contributed by atoms with Crippen molar-refractivity contribution in [1.29, 1.82) is 0 Å². The Morgan fingerprint density at radius 1 is 1.30 bits per heavy atom. The zero-order chi connectivity index (χ0) is 14.5. The fraction of sp³-hybridized carbons (Fsp3) is 0.375. The number of rotatable bonds is 5. The molecule has 1 aromatic heterocycles. The predicted octanol–water partition coefficient (Wildman–Crippen LogP) is 3.10. The fourth-order valence-corrected chi connectivity index (χ4v) is 2.01. The summed E-state index contributed by atoms with van der Waals surface area (Å²) in [5.41, 5.74) is 2.32. The Balaban J connectivity index is 2.41. The van der Waals surface area contributed by atoms with Crippen LogP contribution in [0.4, 0.5) is 0 Å². The molecule has 0 aliphatic rings. The molecule has 0 bridgehead atoms. The van der Waals surface area contributed by atoms with Gasteiger partial charge in [-0.15, -0.1) is 0 Å². The van der Waals surface area contributed by atoms with Gasteiger partial charge in [-0.1, -0.05) is 26.0 Å². The maximum Gasteiger partial charge on any atom is 0.254 e. The molecule has 2 rings (SSSR count). The molecule has 1 aromatic carbocycles. The summed E-state index contributed by atoms with van der Waals surface area (Å²) in [4.78, 5) is 19.3. The molecule has 1 heterocycles. The van der Waals surface area contributed by atoms with Crippen LogP contribution in [0.5, 0.6) is 5.75 Å². The van der Waals surface area contributed by atoms with Gasteiger partial charge in [-0.3, -0.25) is 4.79 Å². The van der Waals surface area contributed by atoms with Crippen LogP contribution in [0.2, 0.25) is 0 Å². The second-order valence-corrected chi connectivity index (χ2v) is 4.72. The van der Waals surface area contributed by atoms with Crippen LogP contribution in [0, 0.1) is 6.92 Å². The second-order valence-electron chi connectivity index (χ2n) is 4.72. The van der Waals surface area contributed by atoms with Crippen LogP contribution in [0.25, 0.3) is 11.4 Å². The van der Waals surface area contributed by atoms with Crippen LogP contribution in [0.1, 0.15) is 31.5 Å². The Hall–Kier alpha value is -2.10. The molecule has 20 heavy (non-hydrogen) atoms. The van der Waals surface area contributed by atoms with Gasteiger partial charge in [-0.05, 0) is 31.9 Å². The van der Waals surface area contributed by atoms with Crippen molar-refractivity contribution < 1.29 is 4.74 Å². The first kappa shape index (κ1) is 14.3. The summed E-state index contributed by atoms with van der Waals surface area (Å²) < 4.78 is 5.61. The van der Waals surface area contributed by atoms with Crippen molar-refractivity contribution in [1.82, 2.24) is 9.97 Å². The molecular formula is C16H20N2O2. The van der Waals surface area contributed by atoms with E-state index >= 15 is 0 Å². The number of nitrogens with one attached hydrogen (secondary N) is 1. The molecule has 0 saturated carbocycles. The van der Waals surface area contributed by atoms with Gasteiger partial charge in [-0.25, -0.2) is 4.98 Å². The number of hydrogen-bond acceptors (Lipinski definition) is 3. The van der Waals surface area contributed by atoms with E-state index < -0.39 is 0 Å². The first-order valence-electron chi connectivity index (χ1n) is 6.98. The summed E-state index contributed by atoms with van der Waals surface area (Å²) >= 11 is 0. The number of H-pyrrole nitrogens is 1. The third-order valence-electron chi connectivity index (χ3n) is 3.17. The highest BCUT2D eigenvalue weighted by atomic mass is 16.5. The number of hydrogen-bond donors (Lipinski definition) is 1. The average Bonchev–Trinajstić information content (AvgIpc) is 2.48. The maximum absolute atomic E-state index is 11.9. The number of nitrogens with zero attached hydrogens (tertiary/aromatic N) is 1. The molecule has 0 fully saturated rings. The van der Waals surface area contributed by atoms with Crippen LogP contribution in [-0.2, 0) is 6.42 Å². The number of aromatic nitrogens is 2. The molecule has 2 aromatic rings. The lowest BCUT2D eigenvalue weighted by atomic mass is 10.1. The Morgan fingerprint density at radius 2 is 2.10 bits per heavy atom. The largest absolute Gasteiger partial charge is 0.494 e. The van der Waals surface area contributed by atoms with E-state index in [9.17, 15) is 4.79 Å². The first-order chi connectivity index (χ1) is 9.65. The summed E-state index contributed by atoms with van der Waals surface area (Å²) in [6.07, 6.45) is 1.71. The third-order valence-corrected chi connectivity index (χ3v) is 3.17. The van der Waals surface area contributed by atoms with Gasteiger partial charge in [0.2, 0.25) is 0 Å². The molecule has 1 N–H and O–H groups in total. The van der Waals surface area contributed by atoms with Crippen LogP contribution in [0.15, 0.2) is 29.1 Å². The normalized spacial score (nSPS) is 10.6. The average molecular weight is 272 g/mol. The second kappa shape index (κ2) is 6.37. The van der Waals surface area contributed by atoms with Gasteiger partial charge in [0.25, 0.3) is 5.56 Å². The van der Waals surface area contributed by atoms with Gasteiger partial charge in [-0.2, -0.15) is 0 Å². The van der Waals surface area contributed by atoms with Crippen molar-refractivity contribution >= 4 is 0 Å². The third kappa shape index (κ3) is 3.07. The van der Waals surface area contributed by atoms with E-state index in [-0.39, 0.29) is 5.56 Å². The van der Waals surface area contributed by atoms with E-state index in [1.165, 1.54) is 0 Å². The SMILES string of the molecule is CCCOc1cccc(-c2nc(CC)c(C)c(=O)[nH]2)c1. The Kier molecular flexibility index (Phi) is 4.56. The lowest BCUT2D eigenvalue weighted by molar-refractivity contribution is 0.317. The predicted molar refractivity (Wildman–Crippen MR) is 80.2 cm³/mol. The van der Waals surface area contributed by atoms with E-state index in [2.05, 4.69) is 16.9 Å². The molecule has 0 atom stereocenters. The van der Waals surface area contributed by atoms with Crippen LogP contribution in [-0.4, -0.2) is 16.6 Å². The molecule has 0 unspecified atom stereocenters. The quantitative estimate of drug-likeness (QED) is 0.910. The summed E-state index contributed by atoms with van der Waals surface area (Å²) in [7, 11) is 0. The molecule has 4 nitrogen and oxygen atoms in total. The van der Waals surface area contributed by atoms with Crippen molar-refractivity contribution in [2.45, 2.75) is 33.6 Å². The van der Waals surface area contributed by atoms with Gasteiger partial charge in [0.15, 0.2) is 0 Å².